The molecule has 1 heterocycles. The van der Waals surface area contributed by atoms with Crippen LogP contribution in [-0.2, 0) is 4.74 Å². The minimum absolute atomic E-state index is 0.157. The molecular weight excluding hydrogens is 245 g/mol. The smallest absolute Gasteiger partial charge is 0.167 e. The Morgan fingerprint density at radius 2 is 2.41 bits per heavy atom. The summed E-state index contributed by atoms with van der Waals surface area (Å²) in [4.78, 5) is 11.9. The molecule has 1 N–H and O–H groups in total. The van der Waals surface area contributed by atoms with Gasteiger partial charge >= 0.3 is 0 Å². The van der Waals surface area contributed by atoms with Crippen molar-refractivity contribution >= 4 is 17.4 Å². The van der Waals surface area contributed by atoms with E-state index in [0.29, 0.717) is 13.2 Å². The van der Waals surface area contributed by atoms with Crippen LogP contribution in [0.3, 0.4) is 0 Å². The first kappa shape index (κ1) is 12.5. The standard InChI is InChI=1S/C12H13ClFNO2/c13-11-2-1-8(14)5-10(11)12(16)6-9-7-15-3-4-17-9/h1-2,5,9,15H,3-4,6-7H2. The molecule has 5 heteroatoms. The highest BCUT2D eigenvalue weighted by Crippen LogP contribution is 2.20. The lowest BCUT2D eigenvalue weighted by Gasteiger charge is -2.23. The first-order chi connectivity index (χ1) is 8.16. The van der Waals surface area contributed by atoms with E-state index >= 15 is 0 Å². The molecule has 2 rings (SSSR count). The van der Waals surface area contributed by atoms with Gasteiger partial charge in [-0.15, -0.1) is 0 Å². The van der Waals surface area contributed by atoms with Crippen LogP contribution in [0.15, 0.2) is 18.2 Å². The van der Waals surface area contributed by atoms with Crippen molar-refractivity contribution in [2.75, 3.05) is 19.7 Å². The molecule has 0 saturated carbocycles. The zero-order valence-electron chi connectivity index (χ0n) is 9.21. The van der Waals surface area contributed by atoms with E-state index in [1.807, 2.05) is 0 Å². The summed E-state index contributed by atoms with van der Waals surface area (Å²) in [5.41, 5.74) is 0.223. The van der Waals surface area contributed by atoms with E-state index in [0.717, 1.165) is 6.54 Å². The lowest BCUT2D eigenvalue weighted by atomic mass is 10.0. The Labute approximate surface area is 104 Å². The quantitative estimate of drug-likeness (QED) is 0.843. The second-order valence-corrected chi connectivity index (χ2v) is 4.36. The minimum Gasteiger partial charge on any atom is -0.375 e. The average molecular weight is 258 g/mol. The summed E-state index contributed by atoms with van der Waals surface area (Å²) in [6.45, 7) is 2.03. The van der Waals surface area contributed by atoms with Crippen molar-refractivity contribution < 1.29 is 13.9 Å². The number of carbonyl (C=O) groups excluding carboxylic acids is 1. The number of rotatable bonds is 3. The highest BCUT2D eigenvalue weighted by atomic mass is 35.5. The number of nitrogens with one attached hydrogen (secondary N) is 1. The van der Waals surface area contributed by atoms with Crippen LogP contribution >= 0.6 is 11.6 Å². The van der Waals surface area contributed by atoms with E-state index in [4.69, 9.17) is 16.3 Å². The van der Waals surface area contributed by atoms with E-state index in [1.54, 1.807) is 0 Å². The summed E-state index contributed by atoms with van der Waals surface area (Å²) < 4.78 is 18.5. The molecule has 0 spiro atoms. The number of benzene rings is 1. The number of ether oxygens (including phenoxy) is 1. The van der Waals surface area contributed by atoms with Gasteiger partial charge in [-0.1, -0.05) is 11.6 Å². The third-order valence-corrected chi connectivity index (χ3v) is 2.98. The van der Waals surface area contributed by atoms with Gasteiger partial charge in [-0.2, -0.15) is 0 Å². The SMILES string of the molecule is O=C(CC1CNCCO1)c1cc(F)ccc1Cl. The molecule has 1 aliphatic rings. The van der Waals surface area contributed by atoms with Crippen molar-refractivity contribution in [1.29, 1.82) is 0 Å². The van der Waals surface area contributed by atoms with Crippen LogP contribution in [0.5, 0.6) is 0 Å². The molecule has 3 nitrogen and oxygen atoms in total. The first-order valence-corrected chi connectivity index (χ1v) is 5.85. The van der Waals surface area contributed by atoms with Gasteiger partial charge in [-0.25, -0.2) is 4.39 Å². The second kappa shape index (κ2) is 5.58. The Balaban J connectivity index is 2.05. The number of Topliss-reactive ketones (excluding diaryl/α,β-unsaturated/α-hetero) is 1. The second-order valence-electron chi connectivity index (χ2n) is 3.95. The molecule has 17 heavy (non-hydrogen) atoms. The van der Waals surface area contributed by atoms with Gasteiger partial charge in [0.2, 0.25) is 0 Å². The van der Waals surface area contributed by atoms with Crippen LogP contribution in [0, 0.1) is 5.82 Å². The van der Waals surface area contributed by atoms with Gasteiger partial charge in [-0.3, -0.25) is 4.79 Å². The van der Waals surface area contributed by atoms with Crippen LogP contribution in [-0.4, -0.2) is 31.6 Å². The number of hydrogen-bond acceptors (Lipinski definition) is 3. The number of morpholine rings is 1. The Morgan fingerprint density at radius 3 is 3.12 bits per heavy atom. The Morgan fingerprint density at radius 1 is 1.59 bits per heavy atom. The lowest BCUT2D eigenvalue weighted by Crippen LogP contribution is -2.39. The number of ketones is 1. The van der Waals surface area contributed by atoms with Gasteiger partial charge in [0, 0.05) is 25.1 Å². The molecule has 1 aromatic rings. The van der Waals surface area contributed by atoms with Crippen molar-refractivity contribution in [2.24, 2.45) is 0 Å². The summed E-state index contributed by atoms with van der Waals surface area (Å²) in [6, 6.07) is 3.79. The Kier molecular flexibility index (Phi) is 4.10. The first-order valence-electron chi connectivity index (χ1n) is 5.47. The average Bonchev–Trinajstić information content (AvgIpc) is 2.33. The van der Waals surface area contributed by atoms with E-state index in [1.165, 1.54) is 18.2 Å². The molecule has 0 bridgehead atoms. The molecular formula is C12H13ClFNO2. The summed E-state index contributed by atoms with van der Waals surface area (Å²) in [6.07, 6.45) is 0.0616. The summed E-state index contributed by atoms with van der Waals surface area (Å²) in [5.74, 6) is -0.649. The maximum absolute atomic E-state index is 13.0. The third-order valence-electron chi connectivity index (χ3n) is 2.65. The van der Waals surface area contributed by atoms with Gasteiger partial charge in [-0.05, 0) is 18.2 Å². The van der Waals surface area contributed by atoms with Gasteiger partial charge in [0.15, 0.2) is 5.78 Å². The van der Waals surface area contributed by atoms with E-state index in [9.17, 15) is 9.18 Å². The molecule has 0 aromatic heterocycles. The summed E-state index contributed by atoms with van der Waals surface area (Å²) in [5, 5.41) is 3.41. The van der Waals surface area contributed by atoms with Crippen molar-refractivity contribution in [3.8, 4) is 0 Å². The zero-order valence-corrected chi connectivity index (χ0v) is 9.97. The van der Waals surface area contributed by atoms with Crippen molar-refractivity contribution in [1.82, 2.24) is 5.32 Å². The molecule has 1 saturated heterocycles. The van der Waals surface area contributed by atoms with Crippen LogP contribution in [0.25, 0.3) is 0 Å². The zero-order chi connectivity index (χ0) is 12.3. The highest BCUT2D eigenvalue weighted by Gasteiger charge is 2.20. The van der Waals surface area contributed by atoms with Crippen LogP contribution in [0.1, 0.15) is 16.8 Å². The summed E-state index contributed by atoms with van der Waals surface area (Å²) in [7, 11) is 0. The number of carbonyl (C=O) groups is 1. The van der Waals surface area contributed by atoms with Crippen molar-refractivity contribution in [3.63, 3.8) is 0 Å². The fourth-order valence-electron chi connectivity index (χ4n) is 1.78. The molecule has 1 fully saturated rings. The predicted molar refractivity (Wildman–Crippen MR) is 63.0 cm³/mol. The molecule has 1 aliphatic heterocycles. The van der Waals surface area contributed by atoms with Crippen LogP contribution in [0.4, 0.5) is 4.39 Å². The van der Waals surface area contributed by atoms with Crippen molar-refractivity contribution in [3.05, 3.63) is 34.6 Å². The predicted octanol–water partition coefficient (Wildman–Crippen LogP) is 2.04. The monoisotopic (exact) mass is 257 g/mol. The third kappa shape index (κ3) is 3.25. The fourth-order valence-corrected chi connectivity index (χ4v) is 2.00. The van der Waals surface area contributed by atoms with Gasteiger partial charge in [0.05, 0.1) is 17.7 Å². The largest absolute Gasteiger partial charge is 0.375 e. The van der Waals surface area contributed by atoms with Crippen LogP contribution in [0.2, 0.25) is 5.02 Å². The van der Waals surface area contributed by atoms with E-state index in [-0.39, 0.29) is 28.9 Å². The molecule has 1 aromatic carbocycles. The maximum atomic E-state index is 13.0. The lowest BCUT2D eigenvalue weighted by molar-refractivity contribution is 0.0240. The molecule has 0 amide bonds. The Hall–Kier alpha value is -0.970. The van der Waals surface area contributed by atoms with Crippen molar-refractivity contribution in [2.45, 2.75) is 12.5 Å². The summed E-state index contributed by atoms with van der Waals surface area (Å²) >= 11 is 5.86. The number of hydrogen-bond donors (Lipinski definition) is 1. The normalized spacial score (nSPS) is 20.2. The van der Waals surface area contributed by atoms with Gasteiger partial charge in [0.1, 0.15) is 5.82 Å². The van der Waals surface area contributed by atoms with Crippen LogP contribution < -0.4 is 5.32 Å². The Bertz CT molecular complexity index is 419. The molecule has 1 atom stereocenters. The van der Waals surface area contributed by atoms with Gasteiger partial charge in [0.25, 0.3) is 0 Å². The van der Waals surface area contributed by atoms with E-state index in [2.05, 4.69) is 5.32 Å². The minimum atomic E-state index is -0.458. The topological polar surface area (TPSA) is 38.3 Å². The number of halogens is 2. The molecule has 0 radical (unpaired) electrons. The molecule has 92 valence electrons. The molecule has 1 unspecified atom stereocenters. The fraction of sp³-hybridized carbons (Fsp3) is 0.417. The maximum Gasteiger partial charge on any atom is 0.167 e. The van der Waals surface area contributed by atoms with E-state index < -0.39 is 5.82 Å². The van der Waals surface area contributed by atoms with Gasteiger partial charge < -0.3 is 10.1 Å². The molecule has 0 aliphatic carbocycles. The highest BCUT2D eigenvalue weighted by molar-refractivity contribution is 6.33.